The fraction of sp³-hybridized carbons (Fsp3) is 0.500. The summed E-state index contributed by atoms with van der Waals surface area (Å²) in [6.45, 7) is 6.56. The molecule has 202 valence electrons. The van der Waals surface area contributed by atoms with Crippen LogP contribution in [0.4, 0.5) is 0 Å². The molecule has 0 unspecified atom stereocenters. The van der Waals surface area contributed by atoms with Crippen molar-refractivity contribution in [3.05, 3.63) is 48.5 Å². The molecule has 2 aliphatic heterocycles. The molecule has 4 rings (SSSR count). The summed E-state index contributed by atoms with van der Waals surface area (Å²) in [4.78, 5) is 19.3. The third-order valence-corrected chi connectivity index (χ3v) is 8.72. The van der Waals surface area contributed by atoms with Crippen LogP contribution in [0.5, 0.6) is 17.2 Å². The minimum Gasteiger partial charge on any atom is -0.493 e. The monoisotopic (exact) mass is 532 g/mol. The smallest absolute Gasteiger partial charge is 0.243 e. The van der Waals surface area contributed by atoms with Crippen molar-refractivity contribution in [2.75, 3.05) is 86.3 Å². The van der Waals surface area contributed by atoms with Gasteiger partial charge in [0.1, 0.15) is 12.4 Å². The van der Waals surface area contributed by atoms with Gasteiger partial charge < -0.3 is 19.1 Å². The van der Waals surface area contributed by atoms with Crippen LogP contribution in [-0.2, 0) is 14.8 Å². The van der Waals surface area contributed by atoms with Crippen LogP contribution in [0.1, 0.15) is 0 Å². The Morgan fingerprint density at radius 2 is 1.46 bits per heavy atom. The zero-order valence-corrected chi connectivity index (χ0v) is 22.4. The SMILES string of the molecule is COc1ccc(S(=O)(=O)N2CCN(C(=O)CN3CCN(CCOc4ccccc4)CC3)CC2)cc1OC. The van der Waals surface area contributed by atoms with Crippen molar-refractivity contribution in [2.45, 2.75) is 4.90 Å². The van der Waals surface area contributed by atoms with Crippen molar-refractivity contribution in [3.8, 4) is 17.2 Å². The number of carbonyl (C=O) groups excluding carboxylic acids is 1. The van der Waals surface area contributed by atoms with Crippen LogP contribution in [-0.4, -0.2) is 120 Å². The van der Waals surface area contributed by atoms with Gasteiger partial charge in [-0.2, -0.15) is 4.31 Å². The van der Waals surface area contributed by atoms with E-state index in [0.29, 0.717) is 37.7 Å². The molecule has 2 heterocycles. The van der Waals surface area contributed by atoms with Gasteiger partial charge in [-0.25, -0.2) is 8.42 Å². The maximum atomic E-state index is 13.1. The zero-order chi connectivity index (χ0) is 26.3. The van der Waals surface area contributed by atoms with Gasteiger partial charge in [0, 0.05) is 65.0 Å². The summed E-state index contributed by atoms with van der Waals surface area (Å²) in [5, 5.41) is 0. The van der Waals surface area contributed by atoms with E-state index in [1.165, 1.54) is 30.7 Å². The highest BCUT2D eigenvalue weighted by Crippen LogP contribution is 2.31. The van der Waals surface area contributed by atoms with E-state index in [1.54, 1.807) is 11.0 Å². The Kier molecular flexibility index (Phi) is 9.25. The standard InChI is InChI=1S/C26H36N4O6S/c1-34-24-9-8-23(20-25(24)35-2)37(32,33)30-16-14-29(15-17-30)26(31)21-28-12-10-27(11-13-28)18-19-36-22-6-4-3-5-7-22/h3-9,20H,10-19,21H2,1-2H3. The molecule has 2 aromatic carbocycles. The highest BCUT2D eigenvalue weighted by molar-refractivity contribution is 7.89. The minimum absolute atomic E-state index is 0.0454. The first-order valence-electron chi connectivity index (χ1n) is 12.5. The van der Waals surface area contributed by atoms with Crippen molar-refractivity contribution < 1.29 is 27.4 Å². The first kappa shape index (κ1) is 27.2. The van der Waals surface area contributed by atoms with Crippen molar-refractivity contribution in [3.63, 3.8) is 0 Å². The Morgan fingerprint density at radius 3 is 2.11 bits per heavy atom. The Hall–Kier alpha value is -2.86. The quantitative estimate of drug-likeness (QED) is 0.451. The predicted octanol–water partition coefficient (Wildman–Crippen LogP) is 1.23. The molecular formula is C26H36N4O6S. The first-order valence-corrected chi connectivity index (χ1v) is 14.0. The van der Waals surface area contributed by atoms with E-state index >= 15 is 0 Å². The summed E-state index contributed by atoms with van der Waals surface area (Å²) >= 11 is 0. The van der Waals surface area contributed by atoms with E-state index in [0.717, 1.165) is 38.5 Å². The lowest BCUT2D eigenvalue weighted by molar-refractivity contribution is -0.134. The number of ether oxygens (including phenoxy) is 3. The van der Waals surface area contributed by atoms with Crippen LogP contribution < -0.4 is 14.2 Å². The molecular weight excluding hydrogens is 496 g/mol. The van der Waals surface area contributed by atoms with Gasteiger partial charge in [-0.1, -0.05) is 18.2 Å². The van der Waals surface area contributed by atoms with E-state index in [2.05, 4.69) is 9.80 Å². The second-order valence-electron chi connectivity index (χ2n) is 9.08. The summed E-state index contributed by atoms with van der Waals surface area (Å²) in [5.41, 5.74) is 0. The van der Waals surface area contributed by atoms with Gasteiger partial charge in [0.05, 0.1) is 25.7 Å². The third-order valence-electron chi connectivity index (χ3n) is 6.83. The number of methoxy groups -OCH3 is 2. The number of amides is 1. The number of para-hydroxylation sites is 1. The number of piperazine rings is 2. The largest absolute Gasteiger partial charge is 0.493 e. The molecule has 0 aliphatic carbocycles. The molecule has 2 aliphatic rings. The normalized spacial score (nSPS) is 17.9. The van der Waals surface area contributed by atoms with Gasteiger partial charge in [0.25, 0.3) is 0 Å². The molecule has 0 aromatic heterocycles. The highest BCUT2D eigenvalue weighted by atomic mass is 32.2. The summed E-state index contributed by atoms with van der Waals surface area (Å²) < 4.78 is 43.9. The Morgan fingerprint density at radius 1 is 0.811 bits per heavy atom. The number of benzene rings is 2. The van der Waals surface area contributed by atoms with Crippen molar-refractivity contribution in [1.82, 2.24) is 19.0 Å². The van der Waals surface area contributed by atoms with Crippen LogP contribution in [0.2, 0.25) is 0 Å². The number of rotatable bonds is 10. The number of nitrogens with zero attached hydrogens (tertiary/aromatic N) is 4. The molecule has 0 saturated carbocycles. The van der Waals surface area contributed by atoms with Crippen molar-refractivity contribution >= 4 is 15.9 Å². The average Bonchev–Trinajstić information content (AvgIpc) is 2.94. The van der Waals surface area contributed by atoms with Gasteiger partial charge in [-0.15, -0.1) is 0 Å². The Labute approximate surface area is 219 Å². The first-order chi connectivity index (χ1) is 17.9. The molecule has 1 amide bonds. The fourth-order valence-corrected chi connectivity index (χ4v) is 6.01. The summed E-state index contributed by atoms with van der Waals surface area (Å²) in [7, 11) is -0.718. The maximum absolute atomic E-state index is 13.1. The van der Waals surface area contributed by atoms with E-state index in [-0.39, 0.29) is 23.9 Å². The summed E-state index contributed by atoms with van der Waals surface area (Å²) in [5.74, 6) is 1.76. The van der Waals surface area contributed by atoms with Gasteiger partial charge in [-0.05, 0) is 24.3 Å². The topological polar surface area (TPSA) is 91.9 Å². The van der Waals surface area contributed by atoms with Gasteiger partial charge in [-0.3, -0.25) is 14.6 Å². The Balaban J connectivity index is 1.19. The molecule has 0 radical (unpaired) electrons. The number of hydrogen-bond donors (Lipinski definition) is 0. The number of sulfonamides is 1. The van der Waals surface area contributed by atoms with E-state index in [9.17, 15) is 13.2 Å². The zero-order valence-electron chi connectivity index (χ0n) is 21.5. The molecule has 37 heavy (non-hydrogen) atoms. The number of hydrogen-bond acceptors (Lipinski definition) is 8. The lowest BCUT2D eigenvalue weighted by atomic mass is 10.3. The lowest BCUT2D eigenvalue weighted by Gasteiger charge is -2.37. The fourth-order valence-electron chi connectivity index (χ4n) is 4.58. The van der Waals surface area contributed by atoms with E-state index in [1.807, 2.05) is 30.3 Å². The summed E-state index contributed by atoms with van der Waals surface area (Å²) in [6.07, 6.45) is 0. The van der Waals surface area contributed by atoms with Gasteiger partial charge in [0.2, 0.25) is 15.9 Å². The third kappa shape index (κ3) is 6.92. The molecule has 0 atom stereocenters. The average molecular weight is 533 g/mol. The maximum Gasteiger partial charge on any atom is 0.243 e. The molecule has 0 N–H and O–H groups in total. The van der Waals surface area contributed by atoms with Crippen molar-refractivity contribution in [1.29, 1.82) is 0 Å². The predicted molar refractivity (Wildman–Crippen MR) is 140 cm³/mol. The van der Waals surface area contributed by atoms with Gasteiger partial charge in [0.15, 0.2) is 11.5 Å². The molecule has 10 nitrogen and oxygen atoms in total. The molecule has 11 heteroatoms. The number of carbonyl (C=O) groups is 1. The van der Waals surface area contributed by atoms with Crippen molar-refractivity contribution in [2.24, 2.45) is 0 Å². The Bertz CT molecular complexity index is 1130. The molecule has 2 aromatic rings. The minimum atomic E-state index is -3.69. The van der Waals surface area contributed by atoms with Gasteiger partial charge >= 0.3 is 0 Å². The van der Waals surface area contributed by atoms with E-state index in [4.69, 9.17) is 14.2 Å². The molecule has 2 saturated heterocycles. The van der Waals surface area contributed by atoms with Crippen LogP contribution >= 0.6 is 0 Å². The van der Waals surface area contributed by atoms with Crippen LogP contribution in [0, 0.1) is 0 Å². The second kappa shape index (κ2) is 12.6. The molecule has 2 fully saturated rings. The second-order valence-corrected chi connectivity index (χ2v) is 11.0. The molecule has 0 bridgehead atoms. The molecule has 0 spiro atoms. The highest BCUT2D eigenvalue weighted by Gasteiger charge is 2.31. The van der Waals surface area contributed by atoms with Crippen LogP contribution in [0.25, 0.3) is 0 Å². The van der Waals surface area contributed by atoms with Crippen LogP contribution in [0.15, 0.2) is 53.4 Å². The lowest BCUT2D eigenvalue weighted by Crippen LogP contribution is -2.54. The van der Waals surface area contributed by atoms with Crippen LogP contribution in [0.3, 0.4) is 0 Å². The van der Waals surface area contributed by atoms with E-state index < -0.39 is 10.0 Å². The summed E-state index contributed by atoms with van der Waals surface area (Å²) in [6, 6.07) is 14.4.